The molecule has 0 saturated heterocycles. The van der Waals surface area contributed by atoms with Crippen LogP contribution < -0.4 is 15.2 Å². The molecule has 0 fully saturated rings. The normalized spacial score (nSPS) is 12.9. The van der Waals surface area contributed by atoms with Gasteiger partial charge in [0, 0.05) is 43.2 Å². The summed E-state index contributed by atoms with van der Waals surface area (Å²) in [5, 5.41) is 33.9. The molecule has 2 atom stereocenters. The summed E-state index contributed by atoms with van der Waals surface area (Å²) < 4.78 is 20.6. The van der Waals surface area contributed by atoms with Crippen LogP contribution in [0, 0.1) is 12.7 Å². The maximum Gasteiger partial charge on any atom is 0.268 e. The fraction of sp³-hybridized carbons (Fsp3) is 0.310. The lowest BCUT2D eigenvalue weighted by atomic mass is 10.00. The van der Waals surface area contributed by atoms with Gasteiger partial charge < -0.3 is 34.7 Å². The van der Waals surface area contributed by atoms with Gasteiger partial charge in [0.2, 0.25) is 0 Å². The standard InChI is InChI=1S/C29H33FN2O6/c1-4-32-25(14-11-22(33)15-23(34)16-26(35)36)27(20-7-9-21(30)10-8-20)18(2)28(32)29(37)31-17-19-5-12-24(38-3)13-6-19/h5-14,22-23,33-34H,4,15-17H2,1-3H3,(H,31,37)(H,35,36)/p-1/b14-11+/t22-,23-/m1/s1. The molecule has 0 aliphatic rings. The summed E-state index contributed by atoms with van der Waals surface area (Å²) in [5.41, 5.74) is 3.98. The Labute approximate surface area is 221 Å². The number of nitrogens with one attached hydrogen (secondary N) is 1. The molecule has 2 aromatic carbocycles. The molecular weight excluding hydrogens is 491 g/mol. The van der Waals surface area contributed by atoms with E-state index >= 15 is 0 Å². The number of halogens is 1. The number of benzene rings is 2. The molecule has 1 amide bonds. The number of carboxylic acid groups (broad SMARTS) is 1. The summed E-state index contributed by atoms with van der Waals surface area (Å²) >= 11 is 0. The predicted octanol–water partition coefficient (Wildman–Crippen LogP) is 2.83. The molecule has 3 rings (SSSR count). The Bertz CT molecular complexity index is 1280. The monoisotopic (exact) mass is 523 g/mol. The van der Waals surface area contributed by atoms with Crippen molar-refractivity contribution in [3.05, 3.63) is 82.9 Å². The van der Waals surface area contributed by atoms with Crippen LogP contribution in [-0.4, -0.2) is 46.0 Å². The number of carbonyl (C=O) groups excluding carboxylic acids is 2. The fourth-order valence-electron chi connectivity index (χ4n) is 4.39. The Hall–Kier alpha value is -3.95. The van der Waals surface area contributed by atoms with E-state index in [2.05, 4.69) is 5.32 Å². The van der Waals surface area contributed by atoms with E-state index in [1.807, 2.05) is 38.1 Å². The highest BCUT2D eigenvalue weighted by atomic mass is 19.1. The van der Waals surface area contributed by atoms with Gasteiger partial charge in [-0.3, -0.25) is 4.79 Å². The van der Waals surface area contributed by atoms with Crippen LogP contribution in [0.4, 0.5) is 4.39 Å². The average Bonchev–Trinajstić information content (AvgIpc) is 3.17. The Morgan fingerprint density at radius 2 is 1.79 bits per heavy atom. The van der Waals surface area contributed by atoms with Crippen LogP contribution in [0.15, 0.2) is 54.6 Å². The van der Waals surface area contributed by atoms with Crippen molar-refractivity contribution in [3.63, 3.8) is 0 Å². The van der Waals surface area contributed by atoms with Crippen molar-refractivity contribution in [2.24, 2.45) is 0 Å². The lowest BCUT2D eigenvalue weighted by Gasteiger charge is -2.14. The molecule has 0 radical (unpaired) electrons. The van der Waals surface area contributed by atoms with Crippen molar-refractivity contribution in [2.75, 3.05) is 7.11 Å². The number of methoxy groups -OCH3 is 1. The number of amides is 1. The third-order valence-electron chi connectivity index (χ3n) is 6.22. The summed E-state index contributed by atoms with van der Waals surface area (Å²) in [7, 11) is 1.58. The minimum atomic E-state index is -1.41. The molecule has 8 nitrogen and oxygen atoms in total. The van der Waals surface area contributed by atoms with Crippen LogP contribution >= 0.6 is 0 Å². The number of hydrogen-bond donors (Lipinski definition) is 3. The number of hydrogen-bond acceptors (Lipinski definition) is 6. The van der Waals surface area contributed by atoms with Gasteiger partial charge >= 0.3 is 0 Å². The number of aliphatic hydroxyl groups is 2. The first-order chi connectivity index (χ1) is 18.1. The summed E-state index contributed by atoms with van der Waals surface area (Å²) in [4.78, 5) is 24.1. The van der Waals surface area contributed by atoms with Crippen LogP contribution in [0.5, 0.6) is 5.75 Å². The quantitative estimate of drug-likeness (QED) is 0.335. The van der Waals surface area contributed by atoms with E-state index in [0.29, 0.717) is 46.9 Å². The topological polar surface area (TPSA) is 124 Å². The zero-order valence-corrected chi connectivity index (χ0v) is 21.6. The van der Waals surface area contributed by atoms with Gasteiger partial charge in [-0.05, 0) is 60.9 Å². The minimum absolute atomic E-state index is 0.197. The molecule has 3 aromatic rings. The Kier molecular flexibility index (Phi) is 9.81. The van der Waals surface area contributed by atoms with Crippen LogP contribution in [0.2, 0.25) is 0 Å². The van der Waals surface area contributed by atoms with Crippen molar-refractivity contribution >= 4 is 18.0 Å². The van der Waals surface area contributed by atoms with Gasteiger partial charge in [0.1, 0.15) is 17.3 Å². The molecule has 0 bridgehead atoms. The second-order valence-corrected chi connectivity index (χ2v) is 8.91. The molecule has 0 unspecified atom stereocenters. The maximum atomic E-state index is 13.7. The predicted molar refractivity (Wildman–Crippen MR) is 140 cm³/mol. The van der Waals surface area contributed by atoms with Gasteiger partial charge in [0.25, 0.3) is 5.91 Å². The zero-order chi connectivity index (χ0) is 27.8. The number of aromatic nitrogens is 1. The van der Waals surface area contributed by atoms with E-state index < -0.39 is 30.4 Å². The van der Waals surface area contributed by atoms with Crippen molar-refractivity contribution in [1.29, 1.82) is 0 Å². The van der Waals surface area contributed by atoms with Crippen LogP contribution in [0.1, 0.15) is 47.1 Å². The van der Waals surface area contributed by atoms with E-state index in [1.54, 1.807) is 29.9 Å². The third kappa shape index (κ3) is 7.08. The first kappa shape index (κ1) is 28.6. The van der Waals surface area contributed by atoms with Gasteiger partial charge in [-0.15, -0.1) is 0 Å². The molecule has 0 spiro atoms. The van der Waals surface area contributed by atoms with Gasteiger partial charge in [-0.2, -0.15) is 0 Å². The van der Waals surface area contributed by atoms with Gasteiger partial charge in [0.15, 0.2) is 0 Å². The number of rotatable bonds is 12. The molecule has 3 N–H and O–H groups in total. The van der Waals surface area contributed by atoms with E-state index in [9.17, 15) is 29.3 Å². The summed E-state index contributed by atoms with van der Waals surface area (Å²) in [6.07, 6.45) is -0.128. The first-order valence-electron chi connectivity index (χ1n) is 12.3. The minimum Gasteiger partial charge on any atom is -0.550 e. The fourth-order valence-corrected chi connectivity index (χ4v) is 4.39. The molecule has 202 valence electrons. The highest BCUT2D eigenvalue weighted by Crippen LogP contribution is 2.34. The van der Waals surface area contributed by atoms with Crippen LogP contribution in [-0.2, 0) is 17.9 Å². The van der Waals surface area contributed by atoms with Crippen molar-refractivity contribution in [2.45, 2.75) is 52.0 Å². The lowest BCUT2D eigenvalue weighted by Crippen LogP contribution is -2.29. The SMILES string of the molecule is CCn1c(/C=C/[C@@H](O)C[C@@H](O)CC(=O)[O-])c(-c2ccc(F)cc2)c(C)c1C(=O)NCc1ccc(OC)cc1. The molecule has 1 aromatic heterocycles. The van der Waals surface area contributed by atoms with Crippen molar-refractivity contribution in [3.8, 4) is 16.9 Å². The highest BCUT2D eigenvalue weighted by Gasteiger charge is 2.24. The largest absolute Gasteiger partial charge is 0.550 e. The van der Waals surface area contributed by atoms with Gasteiger partial charge in [0.05, 0.1) is 19.3 Å². The third-order valence-corrected chi connectivity index (χ3v) is 6.22. The number of ether oxygens (including phenoxy) is 1. The Morgan fingerprint density at radius 3 is 2.37 bits per heavy atom. The number of aliphatic hydroxyl groups excluding tert-OH is 2. The summed E-state index contributed by atoms with van der Waals surface area (Å²) in [5.74, 6) is -1.39. The Balaban J connectivity index is 1.96. The maximum absolute atomic E-state index is 13.7. The molecule has 9 heteroatoms. The van der Waals surface area contributed by atoms with E-state index in [1.165, 1.54) is 18.2 Å². The van der Waals surface area contributed by atoms with Crippen LogP contribution in [0.3, 0.4) is 0 Å². The van der Waals surface area contributed by atoms with E-state index in [4.69, 9.17) is 4.74 Å². The highest BCUT2D eigenvalue weighted by molar-refractivity contribution is 5.98. The molecule has 0 aliphatic carbocycles. The number of nitrogens with zero attached hydrogens (tertiary/aromatic N) is 1. The second-order valence-electron chi connectivity index (χ2n) is 8.91. The molecule has 0 aliphatic heterocycles. The first-order valence-corrected chi connectivity index (χ1v) is 12.3. The number of aliphatic carboxylic acids is 1. The number of carboxylic acids is 1. The van der Waals surface area contributed by atoms with Crippen molar-refractivity contribution in [1.82, 2.24) is 9.88 Å². The van der Waals surface area contributed by atoms with Crippen molar-refractivity contribution < 1.29 is 34.0 Å². The molecule has 38 heavy (non-hydrogen) atoms. The van der Waals surface area contributed by atoms with Gasteiger partial charge in [-0.1, -0.05) is 30.3 Å². The van der Waals surface area contributed by atoms with Gasteiger partial charge in [-0.25, -0.2) is 4.39 Å². The van der Waals surface area contributed by atoms with E-state index in [-0.39, 0.29) is 12.3 Å². The Morgan fingerprint density at radius 1 is 1.13 bits per heavy atom. The van der Waals surface area contributed by atoms with Crippen LogP contribution in [0.25, 0.3) is 17.2 Å². The molecule has 0 saturated carbocycles. The van der Waals surface area contributed by atoms with E-state index in [0.717, 1.165) is 5.56 Å². The smallest absolute Gasteiger partial charge is 0.268 e. The number of carbonyl (C=O) groups is 2. The summed E-state index contributed by atoms with van der Waals surface area (Å²) in [6.45, 7) is 4.41. The average molecular weight is 524 g/mol. The zero-order valence-electron chi connectivity index (χ0n) is 21.6. The molecule has 1 heterocycles. The summed E-state index contributed by atoms with van der Waals surface area (Å²) in [6, 6.07) is 13.2. The molecular formula is C29H32FN2O6-. The lowest BCUT2D eigenvalue weighted by molar-refractivity contribution is -0.307. The second kappa shape index (κ2) is 13.0.